The Morgan fingerprint density at radius 2 is 1.74 bits per heavy atom. The fraction of sp³-hybridized carbons (Fsp3) is 0.536. The second kappa shape index (κ2) is 12.2. The van der Waals surface area contributed by atoms with E-state index in [1.54, 1.807) is 25.1 Å². The second-order valence-corrected chi connectivity index (χ2v) is 18.4. The number of nitrogens with one attached hydrogen (secondary N) is 2. The van der Waals surface area contributed by atoms with E-state index in [1.165, 1.54) is 6.07 Å². The van der Waals surface area contributed by atoms with Crippen molar-refractivity contribution < 1.29 is 27.5 Å². The Bertz CT molecular complexity index is 1220. The number of phenols is 1. The van der Waals surface area contributed by atoms with Crippen molar-refractivity contribution in [2.45, 2.75) is 84.2 Å². The van der Waals surface area contributed by atoms with Gasteiger partial charge in [-0.3, -0.25) is 9.52 Å². The van der Waals surface area contributed by atoms with Gasteiger partial charge in [-0.2, -0.15) is 0 Å². The molecule has 0 saturated carbocycles. The number of esters is 1. The van der Waals surface area contributed by atoms with Crippen molar-refractivity contribution in [1.82, 2.24) is 5.32 Å². The number of aromatic hydroxyl groups is 1. The molecule has 0 aliphatic rings. The van der Waals surface area contributed by atoms with Gasteiger partial charge >= 0.3 is 5.97 Å². The van der Waals surface area contributed by atoms with Crippen LogP contribution in [-0.2, 0) is 25.7 Å². The summed E-state index contributed by atoms with van der Waals surface area (Å²) in [7, 11) is -5.79. The summed E-state index contributed by atoms with van der Waals surface area (Å²) in [5.41, 5.74) is 1.56. The van der Waals surface area contributed by atoms with Crippen molar-refractivity contribution in [3.8, 4) is 11.5 Å². The smallest absolute Gasteiger partial charge is 0.310 e. The third-order valence-corrected chi connectivity index (χ3v) is 11.8. The number of phenolic OH excluding ortho intramolecular Hbond substituents is 1. The first-order valence-electron chi connectivity index (χ1n) is 12.8. The lowest BCUT2D eigenvalue weighted by atomic mass is 9.94. The van der Waals surface area contributed by atoms with Gasteiger partial charge in [0.1, 0.15) is 11.5 Å². The minimum Gasteiger partial charge on any atom is -0.506 e. The number of carbonyl (C=O) groups excluding carboxylic acids is 1. The van der Waals surface area contributed by atoms with Crippen LogP contribution in [0.15, 0.2) is 42.5 Å². The fourth-order valence-electron chi connectivity index (χ4n) is 3.66. The molecule has 0 bridgehead atoms. The summed E-state index contributed by atoms with van der Waals surface area (Å²) in [6.45, 7) is 17.2. The van der Waals surface area contributed by atoms with E-state index in [2.05, 4.69) is 57.8 Å². The number of carbonyl (C=O) groups is 1. The molecule has 0 aliphatic heterocycles. The van der Waals surface area contributed by atoms with Gasteiger partial charge in [-0.05, 0) is 73.8 Å². The molecule has 8 nitrogen and oxygen atoms in total. The predicted molar refractivity (Wildman–Crippen MR) is 156 cm³/mol. The number of anilines is 1. The normalized spacial score (nSPS) is 13.7. The van der Waals surface area contributed by atoms with Crippen molar-refractivity contribution in [1.29, 1.82) is 0 Å². The van der Waals surface area contributed by atoms with Gasteiger partial charge < -0.3 is 19.6 Å². The van der Waals surface area contributed by atoms with Crippen LogP contribution >= 0.6 is 0 Å². The molecule has 0 unspecified atom stereocenters. The maximum atomic E-state index is 11.8. The van der Waals surface area contributed by atoms with Crippen LogP contribution in [0.2, 0.25) is 18.1 Å². The highest BCUT2D eigenvalue weighted by Gasteiger charge is 2.40. The molecule has 0 aliphatic carbocycles. The summed E-state index contributed by atoms with van der Waals surface area (Å²) in [5.74, 6) is 0.102. The molecule has 2 aromatic rings. The summed E-state index contributed by atoms with van der Waals surface area (Å²) in [6, 6.07) is 12.4. The topological polar surface area (TPSA) is 114 Å². The van der Waals surface area contributed by atoms with Crippen LogP contribution in [-0.4, -0.2) is 46.2 Å². The third-order valence-electron chi connectivity index (χ3n) is 6.76. The van der Waals surface area contributed by atoms with E-state index in [-0.39, 0.29) is 34.1 Å². The van der Waals surface area contributed by atoms with Gasteiger partial charge in [0.15, 0.2) is 8.32 Å². The van der Waals surface area contributed by atoms with Crippen molar-refractivity contribution in [3.63, 3.8) is 0 Å². The summed E-state index contributed by atoms with van der Waals surface area (Å²) in [6.07, 6.45) is 1.65. The maximum absolute atomic E-state index is 11.8. The quantitative estimate of drug-likeness (QED) is 0.130. The summed E-state index contributed by atoms with van der Waals surface area (Å²) in [5, 5.41) is 13.8. The molecule has 2 aromatic carbocycles. The molecule has 0 heterocycles. The monoisotopic (exact) mass is 564 g/mol. The average Bonchev–Trinajstić information content (AvgIpc) is 2.76. The lowest BCUT2D eigenvalue weighted by Crippen LogP contribution is -2.47. The second-order valence-electron chi connectivity index (χ2n) is 11.9. The number of ether oxygens (including phenoxy) is 1. The Hall–Kier alpha value is -2.40. The van der Waals surface area contributed by atoms with Crippen LogP contribution in [0.5, 0.6) is 11.5 Å². The first-order valence-corrected chi connectivity index (χ1v) is 17.6. The molecule has 2 rings (SSSR count). The van der Waals surface area contributed by atoms with Crippen LogP contribution in [0, 0.1) is 0 Å². The highest BCUT2D eigenvalue weighted by atomic mass is 32.2. The molecule has 1 atom stereocenters. The van der Waals surface area contributed by atoms with Gasteiger partial charge in [-0.1, -0.05) is 45.9 Å². The Morgan fingerprint density at radius 3 is 2.32 bits per heavy atom. The van der Waals surface area contributed by atoms with Crippen LogP contribution in [0.4, 0.5) is 5.69 Å². The predicted octanol–water partition coefficient (Wildman–Crippen LogP) is 5.75. The minimum absolute atomic E-state index is 0.0398. The minimum atomic E-state index is -3.57. The zero-order valence-corrected chi connectivity index (χ0v) is 26.0. The van der Waals surface area contributed by atoms with E-state index >= 15 is 0 Å². The Labute approximate surface area is 229 Å². The first-order chi connectivity index (χ1) is 17.3. The van der Waals surface area contributed by atoms with Gasteiger partial charge in [0.05, 0.1) is 18.0 Å². The van der Waals surface area contributed by atoms with Gasteiger partial charge in [0.2, 0.25) is 10.0 Å². The Morgan fingerprint density at radius 1 is 1.08 bits per heavy atom. The standard InChI is InChI=1S/C28H44N2O6SSi/c1-10-26(32)35-22-13-11-12-20(16-22)18-28(5,6)29-19-25(36-38(8,9)27(2,3)4)21-14-15-24(31)23(17-21)30-37(7,33)34/h11-17,25,29-31H,10,18-19H2,1-9H3/t25-/m0/s1. The van der Waals surface area contributed by atoms with Gasteiger partial charge in [-0.25, -0.2) is 8.42 Å². The van der Waals surface area contributed by atoms with E-state index in [4.69, 9.17) is 9.16 Å². The third kappa shape index (κ3) is 9.72. The maximum Gasteiger partial charge on any atom is 0.310 e. The summed E-state index contributed by atoms with van der Waals surface area (Å²) >= 11 is 0. The van der Waals surface area contributed by atoms with Gasteiger partial charge in [0.25, 0.3) is 0 Å². The van der Waals surface area contributed by atoms with E-state index < -0.39 is 18.3 Å². The Kier molecular flexibility index (Phi) is 10.2. The van der Waals surface area contributed by atoms with Crippen LogP contribution in [0.25, 0.3) is 0 Å². The average molecular weight is 565 g/mol. The molecule has 212 valence electrons. The summed E-state index contributed by atoms with van der Waals surface area (Å²) < 4.78 is 38.2. The highest BCUT2D eigenvalue weighted by Crippen LogP contribution is 2.40. The molecule has 0 aromatic heterocycles. The molecule has 3 N–H and O–H groups in total. The van der Waals surface area contributed by atoms with Gasteiger partial charge in [-0.15, -0.1) is 0 Å². The summed E-state index contributed by atoms with van der Waals surface area (Å²) in [4.78, 5) is 11.7. The molecule has 0 amide bonds. The largest absolute Gasteiger partial charge is 0.506 e. The lowest BCUT2D eigenvalue weighted by molar-refractivity contribution is -0.134. The molecular weight excluding hydrogens is 520 g/mol. The number of rotatable bonds is 12. The van der Waals surface area contributed by atoms with Crippen LogP contribution in [0.3, 0.4) is 0 Å². The molecule has 0 fully saturated rings. The lowest BCUT2D eigenvalue weighted by Gasteiger charge is -2.40. The van der Waals surface area contributed by atoms with Crippen LogP contribution in [0.1, 0.15) is 65.2 Å². The molecule has 0 spiro atoms. The van der Waals surface area contributed by atoms with Crippen molar-refractivity contribution >= 4 is 30.0 Å². The first kappa shape index (κ1) is 31.8. The highest BCUT2D eigenvalue weighted by molar-refractivity contribution is 7.92. The number of sulfonamides is 1. The van der Waals surface area contributed by atoms with Crippen molar-refractivity contribution in [3.05, 3.63) is 53.6 Å². The van der Waals surface area contributed by atoms with E-state index in [0.29, 0.717) is 25.1 Å². The molecular formula is C28H44N2O6SSi. The van der Waals surface area contributed by atoms with E-state index in [9.17, 15) is 18.3 Å². The Balaban J connectivity index is 2.31. The number of hydrogen-bond donors (Lipinski definition) is 3. The molecule has 38 heavy (non-hydrogen) atoms. The molecule has 0 saturated heterocycles. The SMILES string of the molecule is CCC(=O)Oc1cccc(CC(C)(C)NC[C@H](O[Si](C)(C)C(C)(C)C)c2ccc(O)c(NS(C)(=O)=O)c2)c1. The number of benzene rings is 2. The fourth-order valence-corrected chi connectivity index (χ4v) is 5.51. The van der Waals surface area contributed by atoms with E-state index in [1.807, 2.05) is 18.2 Å². The van der Waals surface area contributed by atoms with Crippen molar-refractivity contribution in [2.75, 3.05) is 17.5 Å². The van der Waals surface area contributed by atoms with Crippen molar-refractivity contribution in [2.24, 2.45) is 0 Å². The van der Waals surface area contributed by atoms with E-state index in [0.717, 1.165) is 17.4 Å². The van der Waals surface area contributed by atoms with Gasteiger partial charge in [0, 0.05) is 18.5 Å². The number of hydrogen-bond acceptors (Lipinski definition) is 7. The zero-order valence-electron chi connectivity index (χ0n) is 24.1. The molecule has 10 heteroatoms. The molecule has 0 radical (unpaired) electrons. The zero-order chi connectivity index (χ0) is 28.9. The van der Waals surface area contributed by atoms with Crippen LogP contribution < -0.4 is 14.8 Å².